The van der Waals surface area contributed by atoms with Gasteiger partial charge in [0.15, 0.2) is 5.75 Å². The predicted octanol–water partition coefficient (Wildman–Crippen LogP) is 0.672. The number of hydrogen-bond donors (Lipinski definition) is 1. The summed E-state index contributed by atoms with van der Waals surface area (Å²) in [4.78, 5) is 14.6. The van der Waals surface area contributed by atoms with Crippen LogP contribution in [-0.4, -0.2) is 53.9 Å². The van der Waals surface area contributed by atoms with Crippen molar-refractivity contribution in [2.75, 3.05) is 26.7 Å². The average Bonchev–Trinajstić information content (AvgIpc) is 3.06. The lowest BCUT2D eigenvalue weighted by Gasteiger charge is -2.34. The first-order valence-electron chi connectivity index (χ1n) is 7.88. The number of nitrogens with zero attached hydrogens (tertiary/aromatic N) is 4. The van der Waals surface area contributed by atoms with Crippen molar-refractivity contribution >= 4 is 15.7 Å². The molecule has 1 N–H and O–H groups in total. The summed E-state index contributed by atoms with van der Waals surface area (Å²) in [5.74, 6) is 0.523. The zero-order chi connectivity index (χ0) is 18.9. The van der Waals surface area contributed by atoms with Crippen LogP contribution in [0.25, 0.3) is 0 Å². The van der Waals surface area contributed by atoms with E-state index in [4.69, 9.17) is 4.74 Å². The minimum Gasteiger partial charge on any atom is -0.490 e. The molecule has 1 fully saturated rings. The summed E-state index contributed by atoms with van der Waals surface area (Å²) >= 11 is 0. The van der Waals surface area contributed by atoms with Crippen LogP contribution in [0.4, 0.5) is 5.69 Å². The highest BCUT2D eigenvalue weighted by atomic mass is 32.2. The number of aryl methyl sites for hydroxylation is 1. The molecule has 2 heterocycles. The Hall–Kier alpha value is -2.50. The van der Waals surface area contributed by atoms with Crippen molar-refractivity contribution in [1.29, 1.82) is 0 Å². The Kier molecular flexibility index (Phi) is 4.94. The van der Waals surface area contributed by atoms with Crippen LogP contribution in [0.3, 0.4) is 0 Å². The molecule has 1 atom stereocenters. The number of sulfonamides is 1. The molecule has 1 aromatic heterocycles. The summed E-state index contributed by atoms with van der Waals surface area (Å²) in [7, 11) is -0.825. The van der Waals surface area contributed by atoms with E-state index in [0.717, 1.165) is 6.07 Å². The van der Waals surface area contributed by atoms with Crippen LogP contribution in [0.2, 0.25) is 0 Å². The predicted molar refractivity (Wildman–Crippen MR) is 92.4 cm³/mol. The van der Waals surface area contributed by atoms with Gasteiger partial charge in [0, 0.05) is 51.2 Å². The highest BCUT2D eigenvalue weighted by Gasteiger charge is 2.37. The van der Waals surface area contributed by atoms with Crippen LogP contribution in [0, 0.1) is 10.1 Å². The van der Waals surface area contributed by atoms with E-state index in [2.05, 4.69) is 10.3 Å². The van der Waals surface area contributed by atoms with Crippen molar-refractivity contribution < 1.29 is 18.1 Å². The molecule has 0 radical (unpaired) electrons. The standard InChI is InChI=1S/C15H19N5O5S/c1-18-7-6-17-15(18)13-10-16-5-8-19(13)26(23,24)11-3-4-12(20(21)22)14(9-11)25-2/h3-4,6-7,9,13,16H,5,8,10H2,1-2H3. The minimum atomic E-state index is -3.89. The van der Waals surface area contributed by atoms with Crippen LogP contribution < -0.4 is 10.1 Å². The zero-order valence-electron chi connectivity index (χ0n) is 14.3. The maximum atomic E-state index is 13.2. The Morgan fingerprint density at radius 1 is 1.42 bits per heavy atom. The number of imidazole rings is 1. The lowest BCUT2D eigenvalue weighted by Crippen LogP contribution is -2.49. The number of hydrogen-bond acceptors (Lipinski definition) is 7. The van der Waals surface area contributed by atoms with Gasteiger partial charge in [-0.1, -0.05) is 0 Å². The van der Waals surface area contributed by atoms with Crippen molar-refractivity contribution in [2.24, 2.45) is 7.05 Å². The van der Waals surface area contributed by atoms with Gasteiger partial charge in [-0.05, 0) is 6.07 Å². The number of ether oxygens (including phenoxy) is 1. The molecule has 26 heavy (non-hydrogen) atoms. The first kappa shape index (κ1) is 18.3. The number of piperazine rings is 1. The van der Waals surface area contributed by atoms with E-state index in [9.17, 15) is 18.5 Å². The molecule has 0 spiro atoms. The number of nitro benzene ring substituents is 1. The normalized spacial score (nSPS) is 18.6. The van der Waals surface area contributed by atoms with E-state index >= 15 is 0 Å². The topological polar surface area (TPSA) is 120 Å². The lowest BCUT2D eigenvalue weighted by atomic mass is 10.2. The first-order valence-corrected chi connectivity index (χ1v) is 9.32. The number of benzene rings is 1. The molecular formula is C15H19N5O5S. The molecule has 1 saturated heterocycles. The van der Waals surface area contributed by atoms with Crippen LogP contribution >= 0.6 is 0 Å². The smallest absolute Gasteiger partial charge is 0.310 e. The highest BCUT2D eigenvalue weighted by molar-refractivity contribution is 7.89. The van der Waals surface area contributed by atoms with E-state index < -0.39 is 21.0 Å². The number of rotatable bonds is 5. The Balaban J connectivity index is 2.03. The largest absolute Gasteiger partial charge is 0.490 e. The molecule has 1 aromatic carbocycles. The monoisotopic (exact) mass is 381 g/mol. The van der Waals surface area contributed by atoms with Crippen molar-refractivity contribution in [3.05, 3.63) is 46.5 Å². The zero-order valence-corrected chi connectivity index (χ0v) is 15.1. The summed E-state index contributed by atoms with van der Waals surface area (Å²) in [6, 6.07) is 3.08. The fourth-order valence-corrected chi connectivity index (χ4v) is 4.60. The maximum absolute atomic E-state index is 13.2. The van der Waals surface area contributed by atoms with E-state index in [-0.39, 0.29) is 22.9 Å². The van der Waals surface area contributed by atoms with Gasteiger partial charge in [0.1, 0.15) is 5.82 Å². The molecule has 0 bridgehead atoms. The number of methoxy groups -OCH3 is 1. The quantitative estimate of drug-likeness (QED) is 0.597. The minimum absolute atomic E-state index is 0.0546. The van der Waals surface area contributed by atoms with E-state index in [0.29, 0.717) is 18.9 Å². The van der Waals surface area contributed by atoms with Gasteiger partial charge >= 0.3 is 5.69 Å². The second kappa shape index (κ2) is 7.02. The van der Waals surface area contributed by atoms with Crippen molar-refractivity contribution in [1.82, 2.24) is 19.2 Å². The molecule has 1 aliphatic heterocycles. The summed E-state index contributed by atoms with van der Waals surface area (Å²) in [5, 5.41) is 14.2. The van der Waals surface area contributed by atoms with Crippen molar-refractivity contribution in [3.63, 3.8) is 0 Å². The van der Waals surface area contributed by atoms with Gasteiger partial charge in [-0.2, -0.15) is 4.31 Å². The summed E-state index contributed by atoms with van der Waals surface area (Å²) in [6.45, 7) is 1.19. The van der Waals surface area contributed by atoms with Gasteiger partial charge in [0.05, 0.1) is 23.0 Å². The van der Waals surface area contributed by atoms with E-state index in [1.54, 1.807) is 24.0 Å². The lowest BCUT2D eigenvalue weighted by molar-refractivity contribution is -0.385. The summed E-state index contributed by atoms with van der Waals surface area (Å²) < 4.78 is 34.5. The Morgan fingerprint density at radius 3 is 2.81 bits per heavy atom. The molecule has 1 aliphatic rings. The van der Waals surface area contributed by atoms with Crippen molar-refractivity contribution in [3.8, 4) is 5.75 Å². The third kappa shape index (κ3) is 3.16. The van der Waals surface area contributed by atoms with Crippen LogP contribution in [0.15, 0.2) is 35.5 Å². The van der Waals surface area contributed by atoms with E-state index in [1.807, 2.05) is 0 Å². The Morgan fingerprint density at radius 2 is 2.19 bits per heavy atom. The number of aromatic nitrogens is 2. The highest BCUT2D eigenvalue weighted by Crippen LogP contribution is 2.33. The molecular weight excluding hydrogens is 362 g/mol. The van der Waals surface area contributed by atoms with Crippen LogP contribution in [0.1, 0.15) is 11.9 Å². The molecule has 2 aromatic rings. The SMILES string of the molecule is COc1cc(S(=O)(=O)N2CCNCC2c2nccn2C)ccc1[N+](=O)[O-]. The van der Waals surface area contributed by atoms with Gasteiger partial charge in [-0.3, -0.25) is 10.1 Å². The third-order valence-corrected chi connectivity index (χ3v) is 6.21. The summed E-state index contributed by atoms with van der Waals surface area (Å²) in [6.07, 6.45) is 3.37. The number of nitrogens with one attached hydrogen (secondary N) is 1. The fraction of sp³-hybridized carbons (Fsp3) is 0.400. The summed E-state index contributed by atoms with van der Waals surface area (Å²) in [5.41, 5.74) is -0.285. The molecule has 1 unspecified atom stereocenters. The van der Waals surface area contributed by atoms with Gasteiger partial charge in [-0.25, -0.2) is 13.4 Å². The average molecular weight is 381 g/mol. The first-order chi connectivity index (χ1) is 12.4. The van der Waals surface area contributed by atoms with Gasteiger partial charge in [0.2, 0.25) is 10.0 Å². The molecule has 0 amide bonds. The maximum Gasteiger partial charge on any atom is 0.310 e. The molecule has 10 nitrogen and oxygen atoms in total. The second-order valence-electron chi connectivity index (χ2n) is 5.82. The Labute approximate surface area is 150 Å². The Bertz CT molecular complexity index is 926. The molecule has 0 aliphatic carbocycles. The molecule has 140 valence electrons. The van der Waals surface area contributed by atoms with E-state index in [1.165, 1.54) is 23.5 Å². The van der Waals surface area contributed by atoms with Crippen LogP contribution in [-0.2, 0) is 17.1 Å². The molecule has 0 saturated carbocycles. The molecule has 3 rings (SSSR count). The van der Waals surface area contributed by atoms with Gasteiger partial charge in [0.25, 0.3) is 0 Å². The molecule has 11 heteroatoms. The second-order valence-corrected chi connectivity index (χ2v) is 7.71. The van der Waals surface area contributed by atoms with Crippen molar-refractivity contribution in [2.45, 2.75) is 10.9 Å². The van der Waals surface area contributed by atoms with Gasteiger partial charge < -0.3 is 14.6 Å². The third-order valence-electron chi connectivity index (χ3n) is 4.31. The van der Waals surface area contributed by atoms with Gasteiger partial charge in [-0.15, -0.1) is 0 Å². The fourth-order valence-electron chi connectivity index (χ4n) is 3.00. The number of nitro groups is 1. The van der Waals surface area contributed by atoms with Crippen LogP contribution in [0.5, 0.6) is 5.75 Å².